The van der Waals surface area contributed by atoms with Crippen molar-refractivity contribution in [1.29, 1.82) is 0 Å². The Balaban J connectivity index is 2.42. The Bertz CT molecular complexity index is 475. The van der Waals surface area contributed by atoms with E-state index in [9.17, 15) is 12.8 Å². The van der Waals surface area contributed by atoms with Gasteiger partial charge in [-0.1, -0.05) is 26.0 Å². The lowest BCUT2D eigenvalue weighted by Gasteiger charge is -2.09. The van der Waals surface area contributed by atoms with E-state index in [1.807, 2.05) is 13.8 Å². The average molecular weight is 274 g/mol. The molecule has 0 aliphatic carbocycles. The number of rotatable bonds is 7. The molecule has 0 atom stereocenters. The molecular formula is C12H19FN2O2S. The van der Waals surface area contributed by atoms with Crippen molar-refractivity contribution in [2.45, 2.75) is 26.4 Å². The molecule has 1 rings (SSSR count). The molecule has 0 saturated heterocycles. The molecular weight excluding hydrogens is 255 g/mol. The number of halogens is 1. The Kier molecular flexibility index (Phi) is 5.71. The largest absolute Gasteiger partial charge is 0.313 e. The van der Waals surface area contributed by atoms with Gasteiger partial charge in [0.1, 0.15) is 5.82 Å². The van der Waals surface area contributed by atoms with Crippen LogP contribution in [0, 0.1) is 5.82 Å². The number of hydrogen-bond acceptors (Lipinski definition) is 3. The SMILES string of the molecule is CC(C)NCCS(=O)(=O)NCc1cccc(F)c1. The van der Waals surface area contributed by atoms with Gasteiger partial charge < -0.3 is 5.32 Å². The van der Waals surface area contributed by atoms with E-state index in [2.05, 4.69) is 10.0 Å². The quantitative estimate of drug-likeness (QED) is 0.786. The van der Waals surface area contributed by atoms with Crippen LogP contribution < -0.4 is 10.0 Å². The first-order valence-electron chi connectivity index (χ1n) is 5.84. The highest BCUT2D eigenvalue weighted by Gasteiger charge is 2.09. The highest BCUT2D eigenvalue weighted by Crippen LogP contribution is 2.03. The van der Waals surface area contributed by atoms with Crippen molar-refractivity contribution in [3.05, 3.63) is 35.6 Å². The van der Waals surface area contributed by atoms with Crippen molar-refractivity contribution in [3.63, 3.8) is 0 Å². The fourth-order valence-corrected chi connectivity index (χ4v) is 2.31. The minimum Gasteiger partial charge on any atom is -0.313 e. The van der Waals surface area contributed by atoms with Gasteiger partial charge in [0.15, 0.2) is 0 Å². The molecule has 18 heavy (non-hydrogen) atoms. The molecule has 0 saturated carbocycles. The molecule has 0 radical (unpaired) electrons. The van der Waals surface area contributed by atoms with Crippen LogP contribution in [0.15, 0.2) is 24.3 Å². The third-order valence-electron chi connectivity index (χ3n) is 2.31. The summed E-state index contributed by atoms with van der Waals surface area (Å²) in [5.41, 5.74) is 0.607. The number of benzene rings is 1. The zero-order valence-corrected chi connectivity index (χ0v) is 11.4. The maximum atomic E-state index is 12.9. The van der Waals surface area contributed by atoms with Crippen LogP contribution in [-0.4, -0.2) is 26.8 Å². The molecule has 4 nitrogen and oxygen atoms in total. The van der Waals surface area contributed by atoms with Crippen molar-refractivity contribution < 1.29 is 12.8 Å². The molecule has 0 amide bonds. The lowest BCUT2D eigenvalue weighted by atomic mass is 10.2. The van der Waals surface area contributed by atoms with Crippen LogP contribution in [0.5, 0.6) is 0 Å². The first-order chi connectivity index (χ1) is 8.39. The lowest BCUT2D eigenvalue weighted by molar-refractivity contribution is 0.566. The maximum Gasteiger partial charge on any atom is 0.213 e. The van der Waals surface area contributed by atoms with Crippen molar-refractivity contribution in [2.75, 3.05) is 12.3 Å². The minimum atomic E-state index is -3.32. The first-order valence-corrected chi connectivity index (χ1v) is 7.49. The standard InChI is InChI=1S/C12H19FN2O2S/c1-10(2)14-6-7-18(16,17)15-9-11-4-3-5-12(13)8-11/h3-5,8,10,14-15H,6-7,9H2,1-2H3. The summed E-state index contributed by atoms with van der Waals surface area (Å²) >= 11 is 0. The van der Waals surface area contributed by atoms with E-state index in [1.165, 1.54) is 12.1 Å². The van der Waals surface area contributed by atoms with Gasteiger partial charge in [0.05, 0.1) is 5.75 Å². The third-order valence-corrected chi connectivity index (χ3v) is 3.63. The van der Waals surface area contributed by atoms with Gasteiger partial charge in [-0.05, 0) is 17.7 Å². The highest BCUT2D eigenvalue weighted by atomic mass is 32.2. The monoisotopic (exact) mass is 274 g/mol. The summed E-state index contributed by atoms with van der Waals surface area (Å²) in [5, 5.41) is 3.03. The van der Waals surface area contributed by atoms with E-state index in [4.69, 9.17) is 0 Å². The van der Waals surface area contributed by atoms with E-state index in [1.54, 1.807) is 12.1 Å². The topological polar surface area (TPSA) is 58.2 Å². The normalized spacial score (nSPS) is 12.0. The predicted octanol–water partition coefficient (Wildman–Crippen LogP) is 1.24. The first kappa shape index (κ1) is 15.1. The van der Waals surface area contributed by atoms with Gasteiger partial charge in [-0.3, -0.25) is 0 Å². The Morgan fingerprint density at radius 1 is 1.33 bits per heavy atom. The van der Waals surface area contributed by atoms with Crippen LogP contribution in [0.25, 0.3) is 0 Å². The second kappa shape index (κ2) is 6.82. The maximum absolute atomic E-state index is 12.9. The van der Waals surface area contributed by atoms with Crippen LogP contribution in [0.1, 0.15) is 19.4 Å². The second-order valence-electron chi connectivity index (χ2n) is 4.38. The molecule has 0 aromatic heterocycles. The molecule has 1 aromatic rings. The van der Waals surface area contributed by atoms with Gasteiger partial charge in [-0.15, -0.1) is 0 Å². The molecule has 0 bridgehead atoms. The van der Waals surface area contributed by atoms with E-state index in [0.717, 1.165) is 0 Å². The van der Waals surface area contributed by atoms with Crippen LogP contribution in [0.2, 0.25) is 0 Å². The molecule has 102 valence electrons. The molecule has 0 spiro atoms. The van der Waals surface area contributed by atoms with Crippen molar-refractivity contribution in [2.24, 2.45) is 0 Å². The van der Waals surface area contributed by atoms with Gasteiger partial charge in [0.2, 0.25) is 10.0 Å². The van der Waals surface area contributed by atoms with E-state index in [-0.39, 0.29) is 24.2 Å². The van der Waals surface area contributed by atoms with Crippen LogP contribution in [0.3, 0.4) is 0 Å². The third kappa shape index (κ3) is 6.09. The molecule has 0 aliphatic rings. The van der Waals surface area contributed by atoms with Gasteiger partial charge in [0, 0.05) is 19.1 Å². The second-order valence-corrected chi connectivity index (χ2v) is 6.31. The summed E-state index contributed by atoms with van der Waals surface area (Å²) < 4.78 is 38.6. The summed E-state index contributed by atoms with van der Waals surface area (Å²) in [4.78, 5) is 0. The molecule has 2 N–H and O–H groups in total. The highest BCUT2D eigenvalue weighted by molar-refractivity contribution is 7.89. The zero-order chi connectivity index (χ0) is 13.6. The number of hydrogen-bond donors (Lipinski definition) is 2. The van der Waals surface area contributed by atoms with E-state index < -0.39 is 10.0 Å². The van der Waals surface area contributed by atoms with Gasteiger partial charge in [-0.2, -0.15) is 0 Å². The Hall–Kier alpha value is -0.980. The van der Waals surface area contributed by atoms with E-state index in [0.29, 0.717) is 12.1 Å². The van der Waals surface area contributed by atoms with Crippen molar-refractivity contribution >= 4 is 10.0 Å². The fraction of sp³-hybridized carbons (Fsp3) is 0.500. The van der Waals surface area contributed by atoms with Crippen LogP contribution in [0.4, 0.5) is 4.39 Å². The van der Waals surface area contributed by atoms with Crippen molar-refractivity contribution in [1.82, 2.24) is 10.0 Å². The van der Waals surface area contributed by atoms with Gasteiger partial charge in [0.25, 0.3) is 0 Å². The molecule has 1 aromatic carbocycles. The average Bonchev–Trinajstić information content (AvgIpc) is 2.26. The molecule has 0 unspecified atom stereocenters. The Morgan fingerprint density at radius 2 is 2.06 bits per heavy atom. The smallest absolute Gasteiger partial charge is 0.213 e. The molecule has 0 fully saturated rings. The Labute approximate surface area is 108 Å². The molecule has 6 heteroatoms. The predicted molar refractivity (Wildman–Crippen MR) is 70.2 cm³/mol. The minimum absolute atomic E-state index is 0.0144. The van der Waals surface area contributed by atoms with E-state index >= 15 is 0 Å². The van der Waals surface area contributed by atoms with Crippen molar-refractivity contribution in [3.8, 4) is 0 Å². The van der Waals surface area contributed by atoms with Crippen LogP contribution in [-0.2, 0) is 16.6 Å². The number of sulfonamides is 1. The Morgan fingerprint density at radius 3 is 2.67 bits per heavy atom. The van der Waals surface area contributed by atoms with Crippen LogP contribution >= 0.6 is 0 Å². The summed E-state index contributed by atoms with van der Waals surface area (Å²) in [6, 6.07) is 6.12. The lowest BCUT2D eigenvalue weighted by Crippen LogP contribution is -2.34. The fourth-order valence-electron chi connectivity index (χ4n) is 1.39. The molecule has 0 heterocycles. The number of nitrogens with one attached hydrogen (secondary N) is 2. The zero-order valence-electron chi connectivity index (χ0n) is 10.6. The summed E-state index contributed by atoms with van der Waals surface area (Å²) in [6.45, 7) is 4.41. The summed E-state index contributed by atoms with van der Waals surface area (Å²) in [6.07, 6.45) is 0. The summed E-state index contributed by atoms with van der Waals surface area (Å²) in [7, 11) is -3.32. The molecule has 0 aliphatic heterocycles. The van der Waals surface area contributed by atoms with Gasteiger partial charge >= 0.3 is 0 Å². The van der Waals surface area contributed by atoms with Gasteiger partial charge in [-0.25, -0.2) is 17.5 Å². The summed E-state index contributed by atoms with van der Waals surface area (Å²) in [5.74, 6) is -0.353.